The van der Waals surface area contributed by atoms with Gasteiger partial charge in [0.15, 0.2) is 5.78 Å². The van der Waals surface area contributed by atoms with Gasteiger partial charge in [0, 0.05) is 11.1 Å². The minimum absolute atomic E-state index is 0.0318. The molecule has 0 bridgehead atoms. The quantitative estimate of drug-likeness (QED) is 0.852. The molecule has 1 unspecified atom stereocenters. The molecule has 0 fully saturated rings. The highest BCUT2D eigenvalue weighted by Crippen LogP contribution is 2.20. The topological polar surface area (TPSA) is 58.2 Å². The Kier molecular flexibility index (Phi) is 4.57. The van der Waals surface area contributed by atoms with Gasteiger partial charge in [0.05, 0.1) is 0 Å². The number of carbonyl (C=O) groups is 2. The lowest BCUT2D eigenvalue weighted by Gasteiger charge is -2.20. The summed E-state index contributed by atoms with van der Waals surface area (Å²) in [6, 6.07) is 16.5. The summed E-state index contributed by atoms with van der Waals surface area (Å²) in [5, 5.41) is 6.03. The van der Waals surface area contributed by atoms with Crippen LogP contribution in [0.25, 0.3) is 5.57 Å². The monoisotopic (exact) mass is 318 g/mol. The van der Waals surface area contributed by atoms with Gasteiger partial charge in [0.2, 0.25) is 0 Å². The summed E-state index contributed by atoms with van der Waals surface area (Å²) in [6.45, 7) is 1.55. The highest BCUT2D eigenvalue weighted by Gasteiger charge is 2.14. The zero-order valence-electron chi connectivity index (χ0n) is 13.3. The Labute approximate surface area is 140 Å². The van der Waals surface area contributed by atoms with Crippen LogP contribution in [0.5, 0.6) is 0 Å². The number of dihydropyridines is 1. The summed E-state index contributed by atoms with van der Waals surface area (Å²) in [7, 11) is 0. The summed E-state index contributed by atoms with van der Waals surface area (Å²) >= 11 is 0. The molecule has 0 spiro atoms. The fraction of sp³-hybridized carbons (Fsp3) is 0.100. The Morgan fingerprint density at radius 2 is 1.75 bits per heavy atom. The van der Waals surface area contributed by atoms with Crippen molar-refractivity contribution in [1.29, 1.82) is 0 Å². The van der Waals surface area contributed by atoms with Crippen molar-refractivity contribution in [1.82, 2.24) is 10.6 Å². The van der Waals surface area contributed by atoms with E-state index in [0.717, 1.165) is 11.1 Å². The average molecular weight is 318 g/mol. The third kappa shape index (κ3) is 3.60. The summed E-state index contributed by atoms with van der Waals surface area (Å²) in [5.41, 5.74) is 3.18. The fourth-order valence-corrected chi connectivity index (χ4v) is 2.53. The van der Waals surface area contributed by atoms with Crippen LogP contribution in [0.4, 0.5) is 0 Å². The summed E-state index contributed by atoms with van der Waals surface area (Å²) in [5.74, 6) is -0.110. The molecule has 2 N–H and O–H groups in total. The van der Waals surface area contributed by atoms with E-state index in [1.165, 1.54) is 0 Å². The van der Waals surface area contributed by atoms with Crippen molar-refractivity contribution in [2.75, 3.05) is 0 Å². The normalized spacial score (nSPS) is 16.0. The van der Waals surface area contributed by atoms with Gasteiger partial charge in [-0.15, -0.1) is 0 Å². The number of benzene rings is 2. The van der Waals surface area contributed by atoms with E-state index in [9.17, 15) is 9.59 Å². The van der Waals surface area contributed by atoms with E-state index >= 15 is 0 Å². The van der Waals surface area contributed by atoms with Crippen LogP contribution >= 0.6 is 0 Å². The Balaban J connectivity index is 1.78. The van der Waals surface area contributed by atoms with Crippen molar-refractivity contribution < 1.29 is 9.59 Å². The molecule has 1 amide bonds. The van der Waals surface area contributed by atoms with E-state index in [-0.39, 0.29) is 17.9 Å². The Hall–Kier alpha value is -3.14. The fourth-order valence-electron chi connectivity index (χ4n) is 2.53. The smallest absolute Gasteiger partial charge is 0.253 e. The first-order valence-corrected chi connectivity index (χ1v) is 7.75. The minimum atomic E-state index is -0.307. The standard InChI is InChI=1S/C20H18N2O2/c1-14(23)16-8-5-9-17(12-16)18-10-11-21-19(13-18)22-20(24)15-6-3-2-4-7-15/h2-13,19,21H,1H3,(H,22,24). The zero-order valence-corrected chi connectivity index (χ0v) is 13.3. The maximum atomic E-state index is 12.3. The largest absolute Gasteiger partial charge is 0.368 e. The second-order valence-electron chi connectivity index (χ2n) is 5.58. The first kappa shape index (κ1) is 15.7. The SMILES string of the molecule is CC(=O)c1cccc(C2=CC(NC(=O)c3ccccc3)NC=C2)c1. The van der Waals surface area contributed by atoms with E-state index in [0.29, 0.717) is 11.1 Å². The second-order valence-corrected chi connectivity index (χ2v) is 5.58. The molecule has 4 heteroatoms. The maximum Gasteiger partial charge on any atom is 0.253 e. The molecule has 3 rings (SSSR count). The number of Topliss-reactive ketones (excluding diaryl/α,β-unsaturated/α-hetero) is 1. The Morgan fingerprint density at radius 1 is 1.00 bits per heavy atom. The van der Waals surface area contributed by atoms with Gasteiger partial charge in [-0.2, -0.15) is 0 Å². The van der Waals surface area contributed by atoms with Crippen LogP contribution in [0.15, 0.2) is 72.9 Å². The number of rotatable bonds is 4. The third-order valence-corrected chi connectivity index (χ3v) is 3.81. The number of hydrogen-bond acceptors (Lipinski definition) is 3. The van der Waals surface area contributed by atoms with Crippen LogP contribution in [0, 0.1) is 0 Å². The van der Waals surface area contributed by atoms with E-state index in [4.69, 9.17) is 0 Å². The summed E-state index contributed by atoms with van der Waals surface area (Å²) < 4.78 is 0. The predicted molar refractivity (Wildman–Crippen MR) is 94.4 cm³/mol. The number of allylic oxidation sites excluding steroid dienone is 2. The molecule has 1 aliphatic rings. The van der Waals surface area contributed by atoms with Crippen molar-refractivity contribution >= 4 is 17.3 Å². The maximum absolute atomic E-state index is 12.3. The highest BCUT2D eigenvalue weighted by molar-refractivity contribution is 5.96. The first-order valence-electron chi connectivity index (χ1n) is 7.75. The minimum Gasteiger partial charge on any atom is -0.368 e. The van der Waals surface area contributed by atoms with Crippen LogP contribution in [-0.2, 0) is 0 Å². The van der Waals surface area contributed by atoms with Crippen LogP contribution < -0.4 is 10.6 Å². The molecule has 2 aromatic carbocycles. The van der Waals surface area contributed by atoms with Gasteiger partial charge in [-0.3, -0.25) is 9.59 Å². The molecule has 1 heterocycles. The van der Waals surface area contributed by atoms with Crippen molar-refractivity contribution in [3.63, 3.8) is 0 Å². The number of carbonyl (C=O) groups excluding carboxylic acids is 2. The van der Waals surface area contributed by atoms with E-state index in [1.807, 2.05) is 48.6 Å². The van der Waals surface area contributed by atoms with Crippen LogP contribution in [0.1, 0.15) is 33.2 Å². The van der Waals surface area contributed by atoms with Crippen LogP contribution in [0.3, 0.4) is 0 Å². The van der Waals surface area contributed by atoms with Crippen molar-refractivity contribution in [2.45, 2.75) is 13.1 Å². The molecule has 0 saturated heterocycles. The van der Waals surface area contributed by atoms with Gasteiger partial charge in [0.25, 0.3) is 5.91 Å². The number of nitrogens with one attached hydrogen (secondary N) is 2. The summed E-state index contributed by atoms with van der Waals surface area (Å²) in [6.07, 6.45) is 5.34. The van der Waals surface area contributed by atoms with Crippen LogP contribution in [-0.4, -0.2) is 17.9 Å². The van der Waals surface area contributed by atoms with Crippen LogP contribution in [0.2, 0.25) is 0 Å². The highest BCUT2D eigenvalue weighted by atomic mass is 16.1. The molecule has 120 valence electrons. The number of amides is 1. The zero-order chi connectivity index (χ0) is 16.9. The predicted octanol–water partition coefficient (Wildman–Crippen LogP) is 3.15. The first-order chi connectivity index (χ1) is 11.6. The summed E-state index contributed by atoms with van der Waals surface area (Å²) in [4.78, 5) is 23.8. The van der Waals surface area contributed by atoms with E-state index in [1.54, 1.807) is 31.3 Å². The van der Waals surface area contributed by atoms with Crippen molar-refractivity contribution in [2.24, 2.45) is 0 Å². The van der Waals surface area contributed by atoms with Gasteiger partial charge >= 0.3 is 0 Å². The lowest BCUT2D eigenvalue weighted by Crippen LogP contribution is -2.42. The number of hydrogen-bond donors (Lipinski definition) is 2. The van der Waals surface area contributed by atoms with Crippen molar-refractivity contribution in [3.05, 3.63) is 89.6 Å². The molecule has 0 radical (unpaired) electrons. The second kappa shape index (κ2) is 6.96. The molecule has 24 heavy (non-hydrogen) atoms. The van der Waals surface area contributed by atoms with Gasteiger partial charge in [0.1, 0.15) is 6.17 Å². The average Bonchev–Trinajstić information content (AvgIpc) is 2.63. The van der Waals surface area contributed by atoms with E-state index in [2.05, 4.69) is 10.6 Å². The van der Waals surface area contributed by atoms with Gasteiger partial charge in [-0.05, 0) is 54.6 Å². The lowest BCUT2D eigenvalue weighted by atomic mass is 9.99. The molecular weight excluding hydrogens is 300 g/mol. The van der Waals surface area contributed by atoms with Gasteiger partial charge < -0.3 is 10.6 Å². The molecule has 1 atom stereocenters. The molecule has 2 aromatic rings. The molecular formula is C20H18N2O2. The molecule has 0 saturated carbocycles. The Bertz CT molecular complexity index is 823. The molecule has 4 nitrogen and oxygen atoms in total. The lowest BCUT2D eigenvalue weighted by molar-refractivity contribution is 0.0940. The van der Waals surface area contributed by atoms with Crippen molar-refractivity contribution in [3.8, 4) is 0 Å². The third-order valence-electron chi connectivity index (χ3n) is 3.81. The van der Waals surface area contributed by atoms with Gasteiger partial charge in [-0.1, -0.05) is 36.4 Å². The number of ketones is 1. The molecule has 0 aromatic heterocycles. The Morgan fingerprint density at radius 3 is 2.50 bits per heavy atom. The molecule has 1 aliphatic heterocycles. The molecule has 0 aliphatic carbocycles. The van der Waals surface area contributed by atoms with Gasteiger partial charge in [-0.25, -0.2) is 0 Å². The van der Waals surface area contributed by atoms with E-state index < -0.39 is 0 Å².